The Labute approximate surface area is 158 Å². The minimum Gasteiger partial charge on any atom is -0.378 e. The summed E-state index contributed by atoms with van der Waals surface area (Å²) in [5.41, 5.74) is 4.00. The molecule has 1 aliphatic heterocycles. The van der Waals surface area contributed by atoms with E-state index in [9.17, 15) is 0 Å². The van der Waals surface area contributed by atoms with Crippen molar-refractivity contribution < 1.29 is 4.74 Å². The lowest BCUT2D eigenvalue weighted by atomic mass is 10.2. The van der Waals surface area contributed by atoms with Gasteiger partial charge in [-0.1, -0.05) is 19.4 Å². The van der Waals surface area contributed by atoms with Gasteiger partial charge < -0.3 is 9.64 Å². The second-order valence-corrected chi connectivity index (χ2v) is 6.64. The first-order valence-electron chi connectivity index (χ1n) is 9.40. The lowest BCUT2D eigenvalue weighted by Crippen LogP contribution is -2.37. The summed E-state index contributed by atoms with van der Waals surface area (Å²) in [7, 11) is 1.97. The molecule has 1 saturated heterocycles. The number of aryl methyl sites for hydroxylation is 2. The molecule has 0 amide bonds. The molecule has 140 valence electrons. The van der Waals surface area contributed by atoms with Gasteiger partial charge in [-0.25, -0.2) is 9.97 Å². The van der Waals surface area contributed by atoms with Crippen LogP contribution >= 0.6 is 0 Å². The molecule has 0 saturated carbocycles. The van der Waals surface area contributed by atoms with Crippen LogP contribution in [0.15, 0.2) is 24.5 Å². The van der Waals surface area contributed by atoms with Crippen LogP contribution in [0.2, 0.25) is 0 Å². The zero-order valence-electron chi connectivity index (χ0n) is 15.8. The molecule has 4 rings (SSSR count). The van der Waals surface area contributed by atoms with Crippen molar-refractivity contribution in [2.24, 2.45) is 7.05 Å². The van der Waals surface area contributed by atoms with Crippen molar-refractivity contribution in [2.75, 3.05) is 31.2 Å². The molecule has 0 aromatic carbocycles. The largest absolute Gasteiger partial charge is 0.378 e. The molecule has 0 bridgehead atoms. The first-order valence-corrected chi connectivity index (χ1v) is 9.40. The molecule has 0 aliphatic carbocycles. The highest BCUT2D eigenvalue weighted by Gasteiger charge is 2.21. The first-order chi connectivity index (χ1) is 13.3. The number of aromatic nitrogens is 5. The van der Waals surface area contributed by atoms with Crippen LogP contribution in [0.1, 0.15) is 30.4 Å². The molecule has 0 radical (unpaired) electrons. The second kappa shape index (κ2) is 7.84. The fourth-order valence-electron chi connectivity index (χ4n) is 3.36. The van der Waals surface area contributed by atoms with Crippen LogP contribution in [0, 0.1) is 0 Å². The van der Waals surface area contributed by atoms with Crippen molar-refractivity contribution in [1.82, 2.24) is 24.7 Å². The number of ether oxygens (including phenoxy) is 1. The van der Waals surface area contributed by atoms with Crippen molar-refractivity contribution in [2.45, 2.75) is 19.8 Å². The lowest BCUT2D eigenvalue weighted by Gasteiger charge is -2.28. The van der Waals surface area contributed by atoms with E-state index in [1.165, 1.54) is 0 Å². The molecule has 3 aromatic rings. The maximum Gasteiger partial charge on any atom is 0.159 e. The Morgan fingerprint density at radius 2 is 2.04 bits per heavy atom. The van der Waals surface area contributed by atoms with Gasteiger partial charge in [0.15, 0.2) is 11.6 Å². The van der Waals surface area contributed by atoms with Crippen LogP contribution in [0.25, 0.3) is 23.2 Å². The van der Waals surface area contributed by atoms with Crippen LogP contribution in [0.5, 0.6) is 0 Å². The Hall–Kier alpha value is -2.80. The molecule has 7 heteroatoms. The molecular weight excluding hydrogens is 340 g/mol. The Morgan fingerprint density at radius 3 is 2.78 bits per heavy atom. The number of fused-ring (bicyclic) bond motifs is 1. The van der Waals surface area contributed by atoms with Gasteiger partial charge in [-0.2, -0.15) is 5.10 Å². The van der Waals surface area contributed by atoms with E-state index in [1.807, 2.05) is 42.2 Å². The third-order valence-electron chi connectivity index (χ3n) is 4.66. The molecule has 7 nitrogen and oxygen atoms in total. The van der Waals surface area contributed by atoms with E-state index in [4.69, 9.17) is 19.8 Å². The van der Waals surface area contributed by atoms with Crippen LogP contribution in [0.3, 0.4) is 0 Å². The summed E-state index contributed by atoms with van der Waals surface area (Å²) in [5.74, 6) is 1.63. The van der Waals surface area contributed by atoms with Gasteiger partial charge in [-0.3, -0.25) is 9.67 Å². The van der Waals surface area contributed by atoms with Crippen LogP contribution in [-0.2, 0) is 18.2 Å². The average molecular weight is 364 g/mol. The summed E-state index contributed by atoms with van der Waals surface area (Å²) in [4.78, 5) is 16.1. The van der Waals surface area contributed by atoms with E-state index in [0.29, 0.717) is 19.0 Å². The summed E-state index contributed by atoms with van der Waals surface area (Å²) < 4.78 is 7.43. The number of rotatable bonds is 5. The molecule has 1 aliphatic rings. The van der Waals surface area contributed by atoms with E-state index in [2.05, 4.69) is 16.8 Å². The van der Waals surface area contributed by atoms with Crippen molar-refractivity contribution >= 4 is 29.0 Å². The van der Waals surface area contributed by atoms with E-state index >= 15 is 0 Å². The number of nitrogens with zero attached hydrogens (tertiary/aromatic N) is 6. The fraction of sp³-hybridized carbons (Fsp3) is 0.400. The summed E-state index contributed by atoms with van der Waals surface area (Å²) >= 11 is 0. The van der Waals surface area contributed by atoms with Gasteiger partial charge in [-0.15, -0.1) is 0 Å². The maximum absolute atomic E-state index is 5.51. The number of pyridine rings is 1. The highest BCUT2D eigenvalue weighted by atomic mass is 16.5. The third-order valence-corrected chi connectivity index (χ3v) is 4.66. The summed E-state index contributed by atoms with van der Waals surface area (Å²) in [6, 6.07) is 3.93. The molecule has 1 fully saturated rings. The van der Waals surface area contributed by atoms with E-state index < -0.39 is 0 Å². The third kappa shape index (κ3) is 3.68. The first kappa shape index (κ1) is 17.6. The standard InChI is InChI=1S/C20H24N6O/c1-3-5-16-18-19(25(2)24-16)20(26-10-12-27-13-11-26)23-17(22-18)8-7-15-6-4-9-21-14-15/h4,6-9,14H,3,5,10-13H2,1-2H3/b8-7+. The van der Waals surface area contributed by atoms with Crippen molar-refractivity contribution in [3.05, 3.63) is 41.6 Å². The van der Waals surface area contributed by atoms with E-state index in [1.54, 1.807) is 6.20 Å². The normalized spacial score (nSPS) is 15.1. The van der Waals surface area contributed by atoms with Crippen LogP contribution in [0.4, 0.5) is 5.82 Å². The zero-order valence-corrected chi connectivity index (χ0v) is 15.8. The van der Waals surface area contributed by atoms with Gasteiger partial charge in [0.1, 0.15) is 11.0 Å². The fourth-order valence-corrected chi connectivity index (χ4v) is 3.36. The lowest BCUT2D eigenvalue weighted by molar-refractivity contribution is 0.122. The number of hydrogen-bond donors (Lipinski definition) is 0. The Bertz CT molecular complexity index is 944. The summed E-state index contributed by atoms with van der Waals surface area (Å²) in [6.45, 7) is 5.24. The summed E-state index contributed by atoms with van der Waals surface area (Å²) in [5, 5.41) is 4.72. The minimum absolute atomic E-state index is 0.693. The van der Waals surface area contributed by atoms with Gasteiger partial charge in [0.05, 0.1) is 18.9 Å². The second-order valence-electron chi connectivity index (χ2n) is 6.64. The zero-order chi connectivity index (χ0) is 18.6. The maximum atomic E-state index is 5.51. The molecule has 0 N–H and O–H groups in total. The quantitative estimate of drug-likeness (QED) is 0.693. The topological polar surface area (TPSA) is 69.0 Å². The Balaban J connectivity index is 1.81. The molecular formula is C20H24N6O. The molecule has 0 atom stereocenters. The van der Waals surface area contributed by atoms with Crippen LogP contribution < -0.4 is 4.90 Å². The van der Waals surface area contributed by atoms with Crippen molar-refractivity contribution in [3.63, 3.8) is 0 Å². The average Bonchev–Trinajstić information content (AvgIpc) is 3.03. The molecule has 0 spiro atoms. The van der Waals surface area contributed by atoms with Gasteiger partial charge in [0.2, 0.25) is 0 Å². The monoisotopic (exact) mass is 364 g/mol. The number of anilines is 1. The summed E-state index contributed by atoms with van der Waals surface area (Å²) in [6.07, 6.45) is 9.47. The number of morpholine rings is 1. The number of hydrogen-bond acceptors (Lipinski definition) is 6. The molecule has 3 aromatic heterocycles. The Morgan fingerprint density at radius 1 is 1.19 bits per heavy atom. The van der Waals surface area contributed by atoms with Crippen molar-refractivity contribution in [1.29, 1.82) is 0 Å². The highest BCUT2D eigenvalue weighted by molar-refractivity contribution is 5.89. The SMILES string of the molecule is CCCc1nn(C)c2c(N3CCOCC3)nc(/C=C/c3cccnc3)nc12. The van der Waals surface area contributed by atoms with Gasteiger partial charge in [0.25, 0.3) is 0 Å². The smallest absolute Gasteiger partial charge is 0.159 e. The van der Waals surface area contributed by atoms with E-state index in [-0.39, 0.29) is 0 Å². The highest BCUT2D eigenvalue weighted by Crippen LogP contribution is 2.27. The van der Waals surface area contributed by atoms with Gasteiger partial charge >= 0.3 is 0 Å². The minimum atomic E-state index is 0.693. The Kier molecular flexibility index (Phi) is 5.11. The van der Waals surface area contributed by atoms with Gasteiger partial charge in [-0.05, 0) is 30.2 Å². The molecule has 0 unspecified atom stereocenters. The predicted octanol–water partition coefficient (Wildman–Crippen LogP) is 2.72. The molecule has 27 heavy (non-hydrogen) atoms. The van der Waals surface area contributed by atoms with Crippen molar-refractivity contribution in [3.8, 4) is 0 Å². The van der Waals surface area contributed by atoms with Crippen LogP contribution in [-0.4, -0.2) is 51.0 Å². The predicted molar refractivity (Wildman–Crippen MR) is 106 cm³/mol. The van der Waals surface area contributed by atoms with Gasteiger partial charge in [0, 0.05) is 32.5 Å². The molecule has 4 heterocycles. The van der Waals surface area contributed by atoms with E-state index in [0.717, 1.165) is 54.0 Å².